The van der Waals surface area contributed by atoms with Gasteiger partial charge in [0.05, 0.1) is 15.4 Å². The number of ether oxygens (including phenoxy) is 2. The molecule has 1 aromatic carbocycles. The second-order valence-corrected chi connectivity index (χ2v) is 4.17. The van der Waals surface area contributed by atoms with Crippen molar-refractivity contribution in [2.75, 3.05) is 13.2 Å². The molecule has 0 aromatic heterocycles. The first kappa shape index (κ1) is 15.2. The Kier molecular flexibility index (Phi) is 3.92. The Bertz CT molecular complexity index is 660. The maximum atomic E-state index is 11.2. The van der Waals surface area contributed by atoms with Gasteiger partial charge in [-0.1, -0.05) is 0 Å². The van der Waals surface area contributed by atoms with E-state index in [1.807, 2.05) is 0 Å². The Hall–Kier alpha value is -3.18. The van der Waals surface area contributed by atoms with Crippen molar-refractivity contribution in [2.45, 2.75) is 13.0 Å². The average molecular weight is 315 g/mol. The van der Waals surface area contributed by atoms with E-state index in [0.717, 1.165) is 13.0 Å². The quantitative estimate of drug-likeness (QED) is 0.580. The molecule has 0 N–H and O–H groups in total. The number of nitro benzene ring substituents is 2. The first-order valence-electron chi connectivity index (χ1n) is 5.89. The first-order chi connectivity index (χ1) is 10.3. The van der Waals surface area contributed by atoms with Crippen LogP contribution in [-0.2, 0) is 4.84 Å². The fourth-order valence-corrected chi connectivity index (χ4v) is 2.04. The molecule has 0 amide bonds. The van der Waals surface area contributed by atoms with E-state index >= 15 is 0 Å². The molecular formula is C10H9N3O9. The van der Waals surface area contributed by atoms with Crippen molar-refractivity contribution in [1.29, 1.82) is 0 Å². The van der Waals surface area contributed by atoms with Crippen LogP contribution in [0.1, 0.15) is 18.6 Å². The highest BCUT2D eigenvalue weighted by Crippen LogP contribution is 2.49. The molecule has 0 radical (unpaired) electrons. The molecule has 0 bridgehead atoms. The lowest BCUT2D eigenvalue weighted by atomic mass is 10.0. The van der Waals surface area contributed by atoms with Gasteiger partial charge in [-0.15, -0.1) is 10.1 Å². The second kappa shape index (κ2) is 5.67. The highest BCUT2D eigenvalue weighted by atomic mass is 17.0. The van der Waals surface area contributed by atoms with Crippen molar-refractivity contribution >= 4 is 11.4 Å². The normalized spacial score (nSPS) is 14.0. The van der Waals surface area contributed by atoms with E-state index in [4.69, 9.17) is 9.47 Å². The van der Waals surface area contributed by atoms with E-state index < -0.39 is 32.4 Å². The molecule has 12 heteroatoms. The predicted octanol–water partition coefficient (Wildman–Crippen LogP) is 1.54. The summed E-state index contributed by atoms with van der Waals surface area (Å²) in [6.07, 6.45) is -1.40. The largest absolute Gasteiger partial charge is 0.486 e. The minimum absolute atomic E-state index is 0.00864. The highest BCUT2D eigenvalue weighted by Gasteiger charge is 2.40. The fourth-order valence-electron chi connectivity index (χ4n) is 2.04. The van der Waals surface area contributed by atoms with E-state index in [0.29, 0.717) is 0 Å². The van der Waals surface area contributed by atoms with Gasteiger partial charge in [0, 0.05) is 0 Å². The van der Waals surface area contributed by atoms with Crippen molar-refractivity contribution in [1.82, 2.24) is 0 Å². The van der Waals surface area contributed by atoms with Gasteiger partial charge in [-0.05, 0) is 13.0 Å². The van der Waals surface area contributed by atoms with Gasteiger partial charge in [0.25, 0.3) is 5.09 Å². The minimum Gasteiger partial charge on any atom is -0.486 e. The summed E-state index contributed by atoms with van der Waals surface area (Å²) in [4.78, 5) is 35.0. The summed E-state index contributed by atoms with van der Waals surface area (Å²) in [6.45, 7) is 1.24. The number of rotatable bonds is 5. The predicted molar refractivity (Wildman–Crippen MR) is 67.2 cm³/mol. The van der Waals surface area contributed by atoms with Gasteiger partial charge in [-0.25, -0.2) is 0 Å². The molecule has 22 heavy (non-hydrogen) atoms. The third kappa shape index (κ3) is 2.65. The van der Waals surface area contributed by atoms with Crippen LogP contribution in [0.15, 0.2) is 6.07 Å². The van der Waals surface area contributed by atoms with Gasteiger partial charge in [-0.2, -0.15) is 0 Å². The molecule has 0 fully saturated rings. The first-order valence-corrected chi connectivity index (χ1v) is 5.89. The lowest BCUT2D eigenvalue weighted by Gasteiger charge is -2.20. The average Bonchev–Trinajstić information content (AvgIpc) is 2.43. The topological polar surface area (TPSA) is 157 Å². The summed E-state index contributed by atoms with van der Waals surface area (Å²) in [5, 5.41) is 31.6. The number of nitro groups is 2. The molecule has 1 atom stereocenters. The van der Waals surface area contributed by atoms with Crippen LogP contribution in [0.3, 0.4) is 0 Å². The monoisotopic (exact) mass is 315 g/mol. The standard InChI is InChI=1S/C10H9N3O9/c1-5(22-13(18)19)6-4-7-10(21-3-2-20-7)9(12(16)17)8(6)11(14)15/h4-5H,2-3H2,1H3. The summed E-state index contributed by atoms with van der Waals surface area (Å²) in [7, 11) is 0. The SMILES string of the molecule is CC(O[N+](=O)[O-])c1cc2c(c([N+](=O)[O-])c1[N+](=O)[O-])OCCO2. The van der Waals surface area contributed by atoms with Crippen molar-refractivity contribution < 1.29 is 29.2 Å². The van der Waals surface area contributed by atoms with Crippen LogP contribution < -0.4 is 9.47 Å². The Morgan fingerprint density at radius 2 is 1.68 bits per heavy atom. The fraction of sp³-hybridized carbons (Fsp3) is 0.400. The van der Waals surface area contributed by atoms with E-state index in [9.17, 15) is 30.3 Å². The van der Waals surface area contributed by atoms with Crippen LogP contribution in [0.4, 0.5) is 11.4 Å². The van der Waals surface area contributed by atoms with E-state index in [2.05, 4.69) is 4.84 Å². The number of fused-ring (bicyclic) bond motifs is 1. The molecule has 2 rings (SSSR count). The summed E-state index contributed by atoms with van der Waals surface area (Å²) in [5.74, 6) is -0.475. The van der Waals surface area contributed by atoms with E-state index in [1.165, 1.54) is 0 Å². The zero-order valence-electron chi connectivity index (χ0n) is 11.1. The third-order valence-corrected chi connectivity index (χ3v) is 2.86. The Balaban J connectivity index is 2.71. The zero-order valence-corrected chi connectivity index (χ0v) is 11.1. The lowest BCUT2D eigenvalue weighted by molar-refractivity contribution is -0.770. The smallest absolute Gasteiger partial charge is 0.391 e. The van der Waals surface area contributed by atoms with Crippen molar-refractivity contribution in [3.63, 3.8) is 0 Å². The second-order valence-electron chi connectivity index (χ2n) is 4.17. The van der Waals surface area contributed by atoms with E-state index in [-0.39, 0.29) is 30.3 Å². The molecule has 1 aromatic rings. The number of hydrogen-bond donors (Lipinski definition) is 0. The number of hydrogen-bond acceptors (Lipinski definition) is 9. The number of nitrogens with zero attached hydrogens (tertiary/aromatic N) is 3. The molecule has 12 nitrogen and oxygen atoms in total. The molecule has 0 aliphatic carbocycles. The molecular weight excluding hydrogens is 306 g/mol. The summed E-state index contributed by atoms with van der Waals surface area (Å²) < 4.78 is 10.2. The van der Waals surface area contributed by atoms with Crippen LogP contribution in [0.2, 0.25) is 0 Å². The Morgan fingerprint density at radius 1 is 1.09 bits per heavy atom. The molecule has 0 spiro atoms. The highest BCUT2D eigenvalue weighted by molar-refractivity contribution is 5.71. The van der Waals surface area contributed by atoms with Gasteiger partial charge in [0.15, 0.2) is 5.75 Å². The molecule has 0 saturated carbocycles. The molecule has 1 aliphatic rings. The van der Waals surface area contributed by atoms with E-state index in [1.54, 1.807) is 0 Å². The summed E-state index contributed by atoms with van der Waals surface area (Å²) in [6, 6.07) is 1.08. The third-order valence-electron chi connectivity index (χ3n) is 2.86. The van der Waals surface area contributed by atoms with Gasteiger partial charge in [-0.3, -0.25) is 20.2 Å². The number of benzene rings is 1. The van der Waals surface area contributed by atoms with Crippen LogP contribution in [0.25, 0.3) is 0 Å². The Morgan fingerprint density at radius 3 is 2.23 bits per heavy atom. The van der Waals surface area contributed by atoms with Gasteiger partial charge >= 0.3 is 11.4 Å². The van der Waals surface area contributed by atoms with Crippen LogP contribution in [0, 0.1) is 30.3 Å². The van der Waals surface area contributed by atoms with Crippen LogP contribution >= 0.6 is 0 Å². The summed E-state index contributed by atoms with van der Waals surface area (Å²) in [5.41, 5.74) is -2.20. The molecule has 0 saturated heterocycles. The maximum absolute atomic E-state index is 11.2. The molecule has 1 unspecified atom stereocenters. The lowest BCUT2D eigenvalue weighted by Crippen LogP contribution is -2.18. The van der Waals surface area contributed by atoms with Gasteiger partial charge in [0.2, 0.25) is 5.75 Å². The molecule has 118 valence electrons. The van der Waals surface area contributed by atoms with Crippen LogP contribution in [0.5, 0.6) is 11.5 Å². The Labute approximate surface area is 121 Å². The minimum atomic E-state index is -1.40. The summed E-state index contributed by atoms with van der Waals surface area (Å²) >= 11 is 0. The maximum Gasteiger partial charge on any atom is 0.391 e. The van der Waals surface area contributed by atoms with Crippen molar-refractivity contribution in [2.24, 2.45) is 0 Å². The zero-order chi connectivity index (χ0) is 16.4. The van der Waals surface area contributed by atoms with Gasteiger partial charge in [0.1, 0.15) is 19.3 Å². The molecule has 1 aliphatic heterocycles. The van der Waals surface area contributed by atoms with Crippen molar-refractivity contribution in [3.05, 3.63) is 42.0 Å². The molecule has 1 heterocycles. The van der Waals surface area contributed by atoms with Gasteiger partial charge < -0.3 is 14.3 Å². The van der Waals surface area contributed by atoms with Crippen molar-refractivity contribution in [3.8, 4) is 11.5 Å². The van der Waals surface area contributed by atoms with Crippen LogP contribution in [-0.4, -0.2) is 28.1 Å².